The smallest absolute Gasteiger partial charge is 0.0472 e. The van der Waals surface area contributed by atoms with Gasteiger partial charge in [0.1, 0.15) is 0 Å². The zero-order chi connectivity index (χ0) is 7.47. The molecule has 11 heavy (non-hydrogen) atoms. The average molecular weight is 213 g/mol. The summed E-state index contributed by atoms with van der Waals surface area (Å²) in [6.45, 7) is 0. The van der Waals surface area contributed by atoms with Gasteiger partial charge in [0.2, 0.25) is 0 Å². The second-order valence-electron chi connectivity index (χ2n) is 4.26. The van der Waals surface area contributed by atoms with Gasteiger partial charge in [-0.25, -0.2) is 0 Å². The van der Waals surface area contributed by atoms with Crippen LogP contribution in [0.2, 0.25) is 0 Å². The highest BCUT2D eigenvalue weighted by molar-refractivity contribution is 9.10. The monoisotopic (exact) mass is 212 g/mol. The molecular formula is C10H13Br. The molecule has 0 aromatic carbocycles. The Balaban J connectivity index is 1.94. The molecule has 3 aliphatic rings. The standard InChI is InChI=1S/C10H13Br/c11-10(5-6-10)9(7-1-2-7)8-3-4-8/h7H,1-6H2. The van der Waals surface area contributed by atoms with Crippen molar-refractivity contribution >= 4 is 15.9 Å². The molecule has 0 saturated heterocycles. The van der Waals surface area contributed by atoms with Crippen LogP contribution in [0.1, 0.15) is 38.5 Å². The van der Waals surface area contributed by atoms with Gasteiger partial charge < -0.3 is 0 Å². The summed E-state index contributed by atoms with van der Waals surface area (Å²) in [5.74, 6) is 1.01. The van der Waals surface area contributed by atoms with Crippen LogP contribution in [0, 0.1) is 5.92 Å². The quantitative estimate of drug-likeness (QED) is 0.487. The summed E-state index contributed by atoms with van der Waals surface area (Å²) in [5, 5.41) is 0. The van der Waals surface area contributed by atoms with Crippen molar-refractivity contribution in [3.8, 4) is 0 Å². The summed E-state index contributed by atoms with van der Waals surface area (Å²) in [5.41, 5.74) is 3.65. The summed E-state index contributed by atoms with van der Waals surface area (Å²) in [4.78, 5) is 0. The van der Waals surface area contributed by atoms with Crippen LogP contribution in [0.5, 0.6) is 0 Å². The van der Waals surface area contributed by atoms with E-state index in [1.807, 2.05) is 11.1 Å². The van der Waals surface area contributed by atoms with Crippen LogP contribution in [-0.4, -0.2) is 4.32 Å². The van der Waals surface area contributed by atoms with Crippen molar-refractivity contribution < 1.29 is 0 Å². The number of allylic oxidation sites excluding steroid dienone is 2. The minimum Gasteiger partial charge on any atom is -0.0805 e. The Morgan fingerprint density at radius 3 is 2.27 bits per heavy atom. The first-order valence-electron chi connectivity index (χ1n) is 4.71. The summed E-state index contributed by atoms with van der Waals surface area (Å²) in [6, 6.07) is 0. The van der Waals surface area contributed by atoms with Crippen molar-refractivity contribution in [1.82, 2.24) is 0 Å². The highest BCUT2D eigenvalue weighted by atomic mass is 79.9. The van der Waals surface area contributed by atoms with E-state index in [2.05, 4.69) is 15.9 Å². The van der Waals surface area contributed by atoms with Crippen molar-refractivity contribution in [2.75, 3.05) is 0 Å². The zero-order valence-corrected chi connectivity index (χ0v) is 8.28. The predicted octanol–water partition coefficient (Wildman–Crippen LogP) is 3.41. The van der Waals surface area contributed by atoms with Gasteiger partial charge >= 0.3 is 0 Å². The number of rotatable bonds is 2. The molecule has 0 aromatic heterocycles. The van der Waals surface area contributed by atoms with Crippen LogP contribution in [0.3, 0.4) is 0 Å². The molecule has 3 rings (SSSR count). The molecule has 0 heterocycles. The topological polar surface area (TPSA) is 0 Å². The molecule has 0 bridgehead atoms. The minimum atomic E-state index is 0.528. The third-order valence-electron chi connectivity index (χ3n) is 3.04. The molecule has 0 atom stereocenters. The molecule has 0 nitrogen and oxygen atoms in total. The van der Waals surface area contributed by atoms with E-state index in [0.29, 0.717) is 4.32 Å². The highest BCUT2D eigenvalue weighted by Gasteiger charge is 2.50. The number of hydrogen-bond donors (Lipinski definition) is 0. The Morgan fingerprint density at radius 1 is 1.27 bits per heavy atom. The van der Waals surface area contributed by atoms with Crippen molar-refractivity contribution in [3.05, 3.63) is 11.1 Å². The minimum absolute atomic E-state index is 0.528. The second kappa shape index (κ2) is 1.93. The van der Waals surface area contributed by atoms with E-state index in [4.69, 9.17) is 0 Å². The predicted molar refractivity (Wildman–Crippen MR) is 49.9 cm³/mol. The highest BCUT2D eigenvalue weighted by Crippen LogP contribution is 2.61. The SMILES string of the molecule is BrC1(C(=C2CC2)C2CC2)CC1. The summed E-state index contributed by atoms with van der Waals surface area (Å²) >= 11 is 3.88. The molecule has 0 unspecified atom stereocenters. The van der Waals surface area contributed by atoms with E-state index < -0.39 is 0 Å². The maximum Gasteiger partial charge on any atom is 0.0472 e. The second-order valence-corrected chi connectivity index (χ2v) is 5.77. The maximum atomic E-state index is 3.88. The van der Waals surface area contributed by atoms with Crippen molar-refractivity contribution in [3.63, 3.8) is 0 Å². The van der Waals surface area contributed by atoms with Crippen LogP contribution in [-0.2, 0) is 0 Å². The third-order valence-corrected chi connectivity index (χ3v) is 4.26. The first-order chi connectivity index (χ1) is 5.30. The van der Waals surface area contributed by atoms with Crippen LogP contribution in [0.25, 0.3) is 0 Å². The van der Waals surface area contributed by atoms with E-state index in [1.54, 1.807) is 0 Å². The number of alkyl halides is 1. The molecule has 3 fully saturated rings. The van der Waals surface area contributed by atoms with Crippen molar-refractivity contribution in [2.24, 2.45) is 5.92 Å². The van der Waals surface area contributed by atoms with Crippen molar-refractivity contribution in [1.29, 1.82) is 0 Å². The van der Waals surface area contributed by atoms with Gasteiger partial charge in [-0.15, -0.1) is 0 Å². The molecular weight excluding hydrogens is 200 g/mol. The van der Waals surface area contributed by atoms with E-state index in [1.165, 1.54) is 38.5 Å². The van der Waals surface area contributed by atoms with E-state index in [0.717, 1.165) is 5.92 Å². The fourth-order valence-electron chi connectivity index (χ4n) is 2.05. The largest absolute Gasteiger partial charge is 0.0805 e. The molecule has 0 radical (unpaired) electrons. The van der Waals surface area contributed by atoms with Gasteiger partial charge in [-0.3, -0.25) is 0 Å². The lowest BCUT2D eigenvalue weighted by molar-refractivity contribution is 0.894. The van der Waals surface area contributed by atoms with Gasteiger partial charge in [-0.2, -0.15) is 0 Å². The Kier molecular flexibility index (Phi) is 1.18. The fraction of sp³-hybridized carbons (Fsp3) is 0.800. The Labute approximate surface area is 76.2 Å². The molecule has 0 spiro atoms. The number of hydrogen-bond acceptors (Lipinski definition) is 0. The Morgan fingerprint density at radius 2 is 1.91 bits per heavy atom. The van der Waals surface area contributed by atoms with Gasteiger partial charge in [-0.05, 0) is 44.4 Å². The van der Waals surface area contributed by atoms with Crippen LogP contribution in [0.15, 0.2) is 11.1 Å². The van der Waals surface area contributed by atoms with E-state index >= 15 is 0 Å². The molecule has 3 aliphatic carbocycles. The van der Waals surface area contributed by atoms with Crippen molar-refractivity contribution in [2.45, 2.75) is 42.8 Å². The lowest BCUT2D eigenvalue weighted by atomic mass is 10.1. The molecule has 1 heteroatoms. The maximum absolute atomic E-state index is 3.88. The van der Waals surface area contributed by atoms with Crippen LogP contribution in [0.4, 0.5) is 0 Å². The van der Waals surface area contributed by atoms with Gasteiger partial charge in [0.05, 0.1) is 0 Å². The Bertz CT molecular complexity index is 225. The zero-order valence-electron chi connectivity index (χ0n) is 6.70. The van der Waals surface area contributed by atoms with E-state index in [-0.39, 0.29) is 0 Å². The van der Waals surface area contributed by atoms with Gasteiger partial charge in [0.25, 0.3) is 0 Å². The van der Waals surface area contributed by atoms with E-state index in [9.17, 15) is 0 Å². The van der Waals surface area contributed by atoms with Gasteiger partial charge in [0.15, 0.2) is 0 Å². The van der Waals surface area contributed by atoms with Crippen LogP contribution >= 0.6 is 15.9 Å². The Hall–Kier alpha value is 0.220. The lowest BCUT2D eigenvalue weighted by Crippen LogP contribution is -2.04. The number of halogens is 1. The summed E-state index contributed by atoms with van der Waals surface area (Å²) in [6.07, 6.45) is 8.60. The fourth-order valence-corrected chi connectivity index (χ4v) is 2.86. The molecule has 60 valence electrons. The molecule has 0 aromatic rings. The van der Waals surface area contributed by atoms with Crippen LogP contribution < -0.4 is 0 Å². The molecule has 0 aliphatic heterocycles. The molecule has 0 N–H and O–H groups in total. The van der Waals surface area contributed by atoms with Gasteiger partial charge in [-0.1, -0.05) is 27.1 Å². The first kappa shape index (κ1) is 6.71. The average Bonchev–Trinajstić information content (AvgIpc) is 2.66. The summed E-state index contributed by atoms with van der Waals surface area (Å²) in [7, 11) is 0. The first-order valence-corrected chi connectivity index (χ1v) is 5.50. The van der Waals surface area contributed by atoms with Gasteiger partial charge in [0, 0.05) is 4.32 Å². The third kappa shape index (κ3) is 1.09. The molecule has 3 saturated carbocycles. The summed E-state index contributed by atoms with van der Waals surface area (Å²) < 4.78 is 0.528. The lowest BCUT2D eigenvalue weighted by Gasteiger charge is -2.10. The molecule has 0 amide bonds. The normalized spacial score (nSPS) is 31.9.